The van der Waals surface area contributed by atoms with Crippen LogP contribution in [0.2, 0.25) is 0 Å². The molecule has 1 amide bonds. The molecule has 0 radical (unpaired) electrons. The number of likely N-dealkylation sites (N-methyl/N-ethyl adjacent to an activating group) is 1. The topological polar surface area (TPSA) is 46.3 Å². The molecular weight excluding hydrogens is 176 g/mol. The summed E-state index contributed by atoms with van der Waals surface area (Å²) in [4.78, 5) is 13.6. The third-order valence-corrected chi connectivity index (χ3v) is 2.59. The molecule has 0 bridgehead atoms. The van der Waals surface area contributed by atoms with Crippen LogP contribution >= 0.6 is 0 Å². The summed E-state index contributed by atoms with van der Waals surface area (Å²) in [6.45, 7) is 5.45. The average molecular weight is 200 g/mol. The van der Waals surface area contributed by atoms with Crippen molar-refractivity contribution in [1.29, 1.82) is 0 Å². The van der Waals surface area contributed by atoms with E-state index in [0.29, 0.717) is 13.1 Å². The monoisotopic (exact) mass is 200 g/mol. The van der Waals surface area contributed by atoms with Crippen LogP contribution in [-0.4, -0.2) is 30.9 Å². The minimum atomic E-state index is 0.200. The summed E-state index contributed by atoms with van der Waals surface area (Å²) in [5.41, 5.74) is 5.42. The van der Waals surface area contributed by atoms with E-state index in [4.69, 9.17) is 5.73 Å². The van der Waals surface area contributed by atoms with Crippen LogP contribution in [0.5, 0.6) is 0 Å². The molecule has 0 saturated carbocycles. The molecule has 3 heteroatoms. The SMILES string of the molecule is CCCCC(CC)C(=O)N(C)CCN. The molecule has 1 unspecified atom stereocenters. The molecule has 2 N–H and O–H groups in total. The third kappa shape index (κ3) is 4.61. The molecule has 0 aromatic carbocycles. The standard InChI is InChI=1S/C11H24N2O/c1-4-6-7-10(5-2)11(14)13(3)9-8-12/h10H,4-9,12H2,1-3H3. The van der Waals surface area contributed by atoms with Gasteiger partial charge in [0.25, 0.3) is 0 Å². The minimum Gasteiger partial charge on any atom is -0.344 e. The molecule has 1 atom stereocenters. The fraction of sp³-hybridized carbons (Fsp3) is 0.909. The van der Waals surface area contributed by atoms with Crippen LogP contribution in [0.15, 0.2) is 0 Å². The van der Waals surface area contributed by atoms with Crippen molar-refractivity contribution < 1.29 is 4.79 Å². The van der Waals surface area contributed by atoms with Gasteiger partial charge in [0.15, 0.2) is 0 Å². The first-order valence-electron chi connectivity index (χ1n) is 5.62. The lowest BCUT2D eigenvalue weighted by atomic mass is 9.98. The molecule has 0 saturated heterocycles. The number of nitrogens with two attached hydrogens (primary N) is 1. The molecule has 0 fully saturated rings. The van der Waals surface area contributed by atoms with Crippen molar-refractivity contribution in [2.75, 3.05) is 20.1 Å². The van der Waals surface area contributed by atoms with Gasteiger partial charge in [-0.25, -0.2) is 0 Å². The molecule has 0 aliphatic carbocycles. The number of hydrogen-bond donors (Lipinski definition) is 1. The van der Waals surface area contributed by atoms with Crippen LogP contribution in [0, 0.1) is 5.92 Å². The first-order valence-corrected chi connectivity index (χ1v) is 5.62. The largest absolute Gasteiger partial charge is 0.344 e. The fourth-order valence-electron chi connectivity index (χ4n) is 1.57. The van der Waals surface area contributed by atoms with Crippen molar-refractivity contribution in [3.05, 3.63) is 0 Å². The number of amides is 1. The summed E-state index contributed by atoms with van der Waals surface area (Å²) in [5.74, 6) is 0.456. The van der Waals surface area contributed by atoms with E-state index in [9.17, 15) is 4.79 Å². The summed E-state index contributed by atoms with van der Waals surface area (Å²) in [6, 6.07) is 0. The molecular formula is C11H24N2O. The van der Waals surface area contributed by atoms with Crippen molar-refractivity contribution in [3.8, 4) is 0 Å². The molecule has 0 rings (SSSR count). The lowest BCUT2D eigenvalue weighted by Gasteiger charge is -2.22. The average Bonchev–Trinajstić information content (AvgIpc) is 2.19. The predicted molar refractivity (Wildman–Crippen MR) is 60.0 cm³/mol. The zero-order chi connectivity index (χ0) is 11.0. The minimum absolute atomic E-state index is 0.200. The van der Waals surface area contributed by atoms with Gasteiger partial charge in [-0.2, -0.15) is 0 Å². The van der Waals surface area contributed by atoms with Gasteiger partial charge in [-0.3, -0.25) is 4.79 Å². The molecule has 0 aromatic rings. The highest BCUT2D eigenvalue weighted by atomic mass is 16.2. The highest BCUT2D eigenvalue weighted by molar-refractivity contribution is 5.78. The maximum absolute atomic E-state index is 11.8. The number of carbonyl (C=O) groups is 1. The Morgan fingerprint density at radius 1 is 1.43 bits per heavy atom. The molecule has 0 aromatic heterocycles. The fourth-order valence-corrected chi connectivity index (χ4v) is 1.57. The quantitative estimate of drug-likeness (QED) is 0.679. The molecule has 14 heavy (non-hydrogen) atoms. The Morgan fingerprint density at radius 3 is 2.50 bits per heavy atom. The number of unbranched alkanes of at least 4 members (excludes halogenated alkanes) is 1. The molecule has 3 nitrogen and oxygen atoms in total. The Balaban J connectivity index is 4.01. The second-order valence-electron chi connectivity index (χ2n) is 3.80. The van der Waals surface area contributed by atoms with Gasteiger partial charge in [-0.15, -0.1) is 0 Å². The molecule has 0 heterocycles. The Labute approximate surface area is 87.6 Å². The van der Waals surface area contributed by atoms with E-state index in [1.54, 1.807) is 4.90 Å². The van der Waals surface area contributed by atoms with Gasteiger partial charge in [-0.05, 0) is 12.8 Å². The van der Waals surface area contributed by atoms with Gasteiger partial charge in [0.2, 0.25) is 5.91 Å². The number of carbonyl (C=O) groups excluding carboxylic acids is 1. The molecule has 84 valence electrons. The first-order chi connectivity index (χ1) is 6.67. The van der Waals surface area contributed by atoms with E-state index in [0.717, 1.165) is 25.7 Å². The summed E-state index contributed by atoms with van der Waals surface area (Å²) < 4.78 is 0. The smallest absolute Gasteiger partial charge is 0.225 e. The van der Waals surface area contributed by atoms with Gasteiger partial charge in [0.05, 0.1) is 0 Å². The van der Waals surface area contributed by atoms with Gasteiger partial charge in [-0.1, -0.05) is 26.7 Å². The van der Waals surface area contributed by atoms with Crippen molar-refractivity contribution in [2.45, 2.75) is 39.5 Å². The Kier molecular flexibility index (Phi) is 7.48. The van der Waals surface area contributed by atoms with E-state index < -0.39 is 0 Å². The predicted octanol–water partition coefficient (Wildman–Crippen LogP) is 1.62. The Hall–Kier alpha value is -0.570. The van der Waals surface area contributed by atoms with E-state index >= 15 is 0 Å². The number of rotatable bonds is 7. The van der Waals surface area contributed by atoms with Crippen LogP contribution in [0.3, 0.4) is 0 Å². The lowest BCUT2D eigenvalue weighted by molar-refractivity contribution is -0.134. The second-order valence-corrected chi connectivity index (χ2v) is 3.80. The molecule has 0 spiro atoms. The van der Waals surface area contributed by atoms with Crippen LogP contribution in [0.25, 0.3) is 0 Å². The van der Waals surface area contributed by atoms with E-state index in [1.807, 2.05) is 7.05 Å². The van der Waals surface area contributed by atoms with Crippen molar-refractivity contribution >= 4 is 5.91 Å². The zero-order valence-electron chi connectivity index (χ0n) is 9.75. The Morgan fingerprint density at radius 2 is 2.07 bits per heavy atom. The summed E-state index contributed by atoms with van der Waals surface area (Å²) in [6.07, 6.45) is 4.25. The van der Waals surface area contributed by atoms with Gasteiger partial charge in [0, 0.05) is 26.1 Å². The normalized spacial score (nSPS) is 12.6. The second kappa shape index (κ2) is 7.80. The summed E-state index contributed by atoms with van der Waals surface area (Å²) >= 11 is 0. The zero-order valence-corrected chi connectivity index (χ0v) is 9.75. The van der Waals surface area contributed by atoms with E-state index in [1.165, 1.54) is 0 Å². The van der Waals surface area contributed by atoms with Crippen LogP contribution in [0.4, 0.5) is 0 Å². The maximum atomic E-state index is 11.8. The van der Waals surface area contributed by atoms with Crippen molar-refractivity contribution in [3.63, 3.8) is 0 Å². The van der Waals surface area contributed by atoms with E-state index in [2.05, 4.69) is 13.8 Å². The van der Waals surface area contributed by atoms with Crippen molar-refractivity contribution in [1.82, 2.24) is 4.90 Å². The molecule has 0 aliphatic rings. The Bertz CT molecular complexity index is 159. The third-order valence-electron chi connectivity index (χ3n) is 2.59. The highest BCUT2D eigenvalue weighted by Crippen LogP contribution is 2.14. The first kappa shape index (κ1) is 13.4. The lowest BCUT2D eigenvalue weighted by Crippen LogP contribution is -2.36. The van der Waals surface area contributed by atoms with E-state index in [-0.39, 0.29) is 11.8 Å². The maximum Gasteiger partial charge on any atom is 0.225 e. The number of nitrogens with zero attached hydrogens (tertiary/aromatic N) is 1. The van der Waals surface area contributed by atoms with Gasteiger partial charge >= 0.3 is 0 Å². The van der Waals surface area contributed by atoms with Crippen LogP contribution in [0.1, 0.15) is 39.5 Å². The van der Waals surface area contributed by atoms with Gasteiger partial charge < -0.3 is 10.6 Å². The molecule has 0 aliphatic heterocycles. The van der Waals surface area contributed by atoms with Gasteiger partial charge in [0.1, 0.15) is 0 Å². The van der Waals surface area contributed by atoms with Crippen LogP contribution in [-0.2, 0) is 4.79 Å². The number of hydrogen-bond acceptors (Lipinski definition) is 2. The summed E-state index contributed by atoms with van der Waals surface area (Å²) in [7, 11) is 1.84. The van der Waals surface area contributed by atoms with Crippen molar-refractivity contribution in [2.24, 2.45) is 11.7 Å². The van der Waals surface area contributed by atoms with Crippen LogP contribution < -0.4 is 5.73 Å². The highest BCUT2D eigenvalue weighted by Gasteiger charge is 2.18. The summed E-state index contributed by atoms with van der Waals surface area (Å²) in [5, 5.41) is 0.